The van der Waals surface area contributed by atoms with Crippen LogP contribution < -0.4 is 0 Å². The topological polar surface area (TPSA) is 81.2 Å². The molecule has 0 radical (unpaired) electrons. The molecule has 2 aliphatic rings. The largest absolute Gasteiger partial charge is 0.343 e. The van der Waals surface area contributed by atoms with Crippen LogP contribution in [0.3, 0.4) is 0 Å². The first-order valence-corrected chi connectivity index (χ1v) is 12.3. The lowest BCUT2D eigenvalue weighted by Gasteiger charge is -2.35. The number of carbonyl (C=O) groups is 2. The van der Waals surface area contributed by atoms with Crippen molar-refractivity contribution in [3.05, 3.63) is 65.7 Å². The molecular weight excluding hydrogens is 428 g/mol. The third kappa shape index (κ3) is 5.01. The van der Waals surface area contributed by atoms with E-state index < -0.39 is 10.0 Å². The Labute approximate surface area is 189 Å². The van der Waals surface area contributed by atoms with Gasteiger partial charge in [-0.05, 0) is 29.8 Å². The molecule has 2 heterocycles. The molecule has 0 aliphatic carbocycles. The number of hydrogen-bond donors (Lipinski definition) is 0. The summed E-state index contributed by atoms with van der Waals surface area (Å²) in [5, 5.41) is 0. The van der Waals surface area contributed by atoms with Crippen LogP contribution >= 0.6 is 0 Å². The summed E-state index contributed by atoms with van der Waals surface area (Å²) in [6.45, 7) is 5.09. The van der Waals surface area contributed by atoms with Gasteiger partial charge in [0.1, 0.15) is 0 Å². The van der Waals surface area contributed by atoms with Crippen LogP contribution in [0.2, 0.25) is 0 Å². The van der Waals surface area contributed by atoms with Crippen molar-refractivity contribution >= 4 is 22.3 Å². The van der Waals surface area contributed by atoms with E-state index in [1.165, 1.54) is 22.0 Å². The van der Waals surface area contributed by atoms with Crippen LogP contribution in [-0.4, -0.2) is 92.1 Å². The van der Waals surface area contributed by atoms with Crippen LogP contribution in [0.1, 0.15) is 15.9 Å². The van der Waals surface area contributed by atoms with Crippen molar-refractivity contribution < 1.29 is 18.0 Å². The number of rotatable bonds is 6. The van der Waals surface area contributed by atoms with Gasteiger partial charge in [-0.1, -0.05) is 30.3 Å². The van der Waals surface area contributed by atoms with E-state index in [4.69, 9.17) is 0 Å². The van der Waals surface area contributed by atoms with Gasteiger partial charge in [-0.25, -0.2) is 8.42 Å². The first-order valence-electron chi connectivity index (χ1n) is 10.8. The van der Waals surface area contributed by atoms with E-state index >= 15 is 0 Å². The van der Waals surface area contributed by atoms with Gasteiger partial charge in [0.2, 0.25) is 16.4 Å². The Morgan fingerprint density at radius 1 is 0.812 bits per heavy atom. The van der Waals surface area contributed by atoms with Gasteiger partial charge in [-0.15, -0.1) is 0 Å². The zero-order chi connectivity index (χ0) is 22.6. The quantitative estimate of drug-likeness (QED) is 0.609. The summed E-state index contributed by atoms with van der Waals surface area (Å²) >= 11 is 0. The zero-order valence-electron chi connectivity index (χ0n) is 18.0. The maximum absolute atomic E-state index is 12.9. The molecule has 2 saturated heterocycles. The Bertz CT molecular complexity index is 1030. The van der Waals surface area contributed by atoms with Crippen molar-refractivity contribution in [2.45, 2.75) is 11.4 Å². The second-order valence-electron chi connectivity index (χ2n) is 8.12. The normalized spacial score (nSPS) is 18.5. The molecule has 0 spiro atoms. The summed E-state index contributed by atoms with van der Waals surface area (Å²) in [7, 11) is -3.64. The van der Waals surface area contributed by atoms with Gasteiger partial charge in [0.15, 0.2) is 0 Å². The van der Waals surface area contributed by atoms with Gasteiger partial charge in [0.05, 0.1) is 4.90 Å². The van der Waals surface area contributed by atoms with Crippen LogP contribution in [0.5, 0.6) is 0 Å². The molecule has 2 aromatic carbocycles. The minimum atomic E-state index is -3.64. The number of nitrogens with zero attached hydrogens (tertiary/aromatic N) is 4. The minimum absolute atomic E-state index is 0.0760. The van der Waals surface area contributed by atoms with Gasteiger partial charge in [0, 0.05) is 64.5 Å². The average molecular weight is 457 g/mol. The van der Waals surface area contributed by atoms with Crippen molar-refractivity contribution in [2.75, 3.05) is 52.4 Å². The average Bonchev–Trinajstić information content (AvgIpc) is 2.85. The Kier molecular flexibility index (Phi) is 6.88. The monoisotopic (exact) mass is 456 g/mol. The SMILES string of the molecule is O=CN1CCN(S(=O)(=O)c2ccc(C(=O)N3CCN(Cc4ccccc4)CC3)cc2)CC1. The molecule has 2 aromatic rings. The lowest BCUT2D eigenvalue weighted by Crippen LogP contribution is -2.48. The smallest absolute Gasteiger partial charge is 0.253 e. The number of amides is 2. The second-order valence-corrected chi connectivity index (χ2v) is 10.1. The first kappa shape index (κ1) is 22.4. The van der Waals surface area contributed by atoms with Gasteiger partial charge >= 0.3 is 0 Å². The lowest BCUT2D eigenvalue weighted by molar-refractivity contribution is -0.119. The first-order chi connectivity index (χ1) is 15.5. The van der Waals surface area contributed by atoms with E-state index in [0.717, 1.165) is 26.0 Å². The van der Waals surface area contributed by atoms with Crippen LogP contribution in [0.15, 0.2) is 59.5 Å². The highest BCUT2D eigenvalue weighted by Gasteiger charge is 2.28. The van der Waals surface area contributed by atoms with Crippen LogP contribution in [0.4, 0.5) is 0 Å². The second kappa shape index (κ2) is 9.81. The number of carbonyl (C=O) groups excluding carboxylic acids is 2. The number of piperazine rings is 2. The molecule has 170 valence electrons. The molecule has 0 saturated carbocycles. The highest BCUT2D eigenvalue weighted by atomic mass is 32.2. The van der Waals surface area contributed by atoms with E-state index in [1.54, 1.807) is 17.0 Å². The molecule has 4 rings (SSSR count). The Morgan fingerprint density at radius 3 is 2.03 bits per heavy atom. The summed E-state index contributed by atoms with van der Waals surface area (Å²) in [6.07, 6.45) is 0.742. The molecule has 0 unspecified atom stereocenters. The highest BCUT2D eigenvalue weighted by molar-refractivity contribution is 7.89. The van der Waals surface area contributed by atoms with Gasteiger partial charge in [-0.2, -0.15) is 4.31 Å². The fourth-order valence-electron chi connectivity index (χ4n) is 4.10. The fourth-order valence-corrected chi connectivity index (χ4v) is 5.52. The van der Waals surface area contributed by atoms with E-state index in [2.05, 4.69) is 17.0 Å². The zero-order valence-corrected chi connectivity index (χ0v) is 18.8. The highest BCUT2D eigenvalue weighted by Crippen LogP contribution is 2.19. The third-order valence-electron chi connectivity index (χ3n) is 6.07. The van der Waals surface area contributed by atoms with E-state index in [-0.39, 0.29) is 23.9 Å². The lowest BCUT2D eigenvalue weighted by atomic mass is 10.1. The summed E-state index contributed by atoms with van der Waals surface area (Å²) in [5.41, 5.74) is 1.75. The minimum Gasteiger partial charge on any atom is -0.343 e. The van der Waals surface area contributed by atoms with Gasteiger partial charge in [0.25, 0.3) is 5.91 Å². The molecule has 0 N–H and O–H groups in total. The van der Waals surface area contributed by atoms with Crippen LogP contribution in [-0.2, 0) is 21.4 Å². The maximum Gasteiger partial charge on any atom is 0.253 e. The maximum atomic E-state index is 12.9. The van der Waals surface area contributed by atoms with Crippen molar-refractivity contribution in [3.8, 4) is 0 Å². The Hall–Kier alpha value is -2.75. The number of benzene rings is 2. The molecule has 2 amide bonds. The Balaban J connectivity index is 1.34. The van der Waals surface area contributed by atoms with E-state index in [9.17, 15) is 18.0 Å². The predicted octanol–water partition coefficient (Wildman–Crippen LogP) is 1.11. The van der Waals surface area contributed by atoms with Crippen molar-refractivity contribution in [1.29, 1.82) is 0 Å². The Morgan fingerprint density at radius 2 is 1.44 bits per heavy atom. The number of sulfonamides is 1. The van der Waals surface area contributed by atoms with Crippen LogP contribution in [0, 0.1) is 0 Å². The molecule has 9 heteroatoms. The summed E-state index contributed by atoms with van der Waals surface area (Å²) in [5.74, 6) is -0.0760. The van der Waals surface area contributed by atoms with Gasteiger partial charge in [-0.3, -0.25) is 14.5 Å². The molecule has 8 nitrogen and oxygen atoms in total. The fraction of sp³-hybridized carbons (Fsp3) is 0.391. The summed E-state index contributed by atoms with van der Waals surface area (Å²) < 4.78 is 27.1. The van der Waals surface area contributed by atoms with Gasteiger partial charge < -0.3 is 9.80 Å². The van der Waals surface area contributed by atoms with Crippen LogP contribution in [0.25, 0.3) is 0 Å². The standard InChI is InChI=1S/C23H28N4O4S/c28-19-25-12-16-27(17-13-25)32(30,31)22-8-6-21(7-9-22)23(29)26-14-10-24(11-15-26)18-20-4-2-1-3-5-20/h1-9,19H,10-18H2. The molecule has 32 heavy (non-hydrogen) atoms. The van der Waals surface area contributed by atoms with Crippen molar-refractivity contribution in [1.82, 2.24) is 19.0 Å². The van der Waals surface area contributed by atoms with Crippen molar-refractivity contribution in [3.63, 3.8) is 0 Å². The third-order valence-corrected chi connectivity index (χ3v) is 7.98. The molecule has 0 bridgehead atoms. The molecule has 2 aliphatic heterocycles. The summed E-state index contributed by atoms with van der Waals surface area (Å²) in [6, 6.07) is 16.5. The number of hydrogen-bond acceptors (Lipinski definition) is 5. The molecule has 2 fully saturated rings. The summed E-state index contributed by atoms with van der Waals surface area (Å²) in [4.78, 5) is 29.6. The predicted molar refractivity (Wildman–Crippen MR) is 120 cm³/mol. The molecule has 0 atom stereocenters. The van der Waals surface area contributed by atoms with Crippen molar-refractivity contribution in [2.24, 2.45) is 0 Å². The molecular formula is C23H28N4O4S. The molecule has 0 aromatic heterocycles. The van der Waals surface area contributed by atoms with E-state index in [0.29, 0.717) is 31.7 Å². The van der Waals surface area contributed by atoms with E-state index in [1.807, 2.05) is 23.1 Å².